The van der Waals surface area contributed by atoms with E-state index in [1.54, 1.807) is 0 Å². The summed E-state index contributed by atoms with van der Waals surface area (Å²) in [5, 5.41) is 0. The number of unbranched alkanes of at least 4 members (excludes halogenated alkanes) is 2. The largest absolute Gasteiger partial charge is 0.466 e. The van der Waals surface area contributed by atoms with Crippen LogP contribution in [-0.4, -0.2) is 30.9 Å². The lowest BCUT2D eigenvalue weighted by atomic mass is 10.0. The first-order chi connectivity index (χ1) is 14.6. The zero-order valence-corrected chi connectivity index (χ0v) is 18.0. The minimum absolute atomic E-state index is 0.0752. The lowest BCUT2D eigenvalue weighted by Crippen LogP contribution is -2.11. The first-order valence-electron chi connectivity index (χ1n) is 10.5. The van der Waals surface area contributed by atoms with Crippen LogP contribution in [0.4, 0.5) is 0 Å². The van der Waals surface area contributed by atoms with E-state index in [2.05, 4.69) is 0 Å². The number of hydrogen-bond acceptors (Lipinski definition) is 5. The molecule has 0 amide bonds. The van der Waals surface area contributed by atoms with Crippen LogP contribution in [0.1, 0.15) is 68.3 Å². The van der Waals surface area contributed by atoms with Gasteiger partial charge in [-0.05, 0) is 12.8 Å². The lowest BCUT2D eigenvalue weighted by molar-refractivity contribution is -0.150. The number of carbonyl (C=O) groups excluding carboxylic acids is 3. The number of benzene rings is 2. The molecule has 0 radical (unpaired) electrons. The number of rotatable bonds is 11. The molecule has 162 valence electrons. The highest BCUT2D eigenvalue weighted by molar-refractivity contribution is 6.08. The summed E-state index contributed by atoms with van der Waals surface area (Å²) >= 11 is 0. The fourth-order valence-corrected chi connectivity index (χ4v) is 2.35. The van der Waals surface area contributed by atoms with Gasteiger partial charge in [0.2, 0.25) is 0 Å². The Hall–Kier alpha value is -2.95. The molecule has 0 fully saturated rings. The van der Waals surface area contributed by atoms with Gasteiger partial charge >= 0.3 is 11.9 Å². The molecule has 0 aliphatic heterocycles. The highest BCUT2D eigenvalue weighted by Crippen LogP contribution is 2.08. The van der Waals surface area contributed by atoms with Crippen molar-refractivity contribution in [3.63, 3.8) is 0 Å². The van der Waals surface area contributed by atoms with E-state index >= 15 is 0 Å². The molecule has 0 aliphatic carbocycles. The Morgan fingerprint density at radius 2 is 1.00 bits per heavy atom. The van der Waals surface area contributed by atoms with Crippen LogP contribution in [0.3, 0.4) is 0 Å². The van der Waals surface area contributed by atoms with E-state index < -0.39 is 0 Å². The average Bonchev–Trinajstić information content (AvgIpc) is 2.79. The summed E-state index contributed by atoms with van der Waals surface area (Å²) < 4.78 is 9.82. The van der Waals surface area contributed by atoms with Crippen LogP contribution in [0.2, 0.25) is 0 Å². The molecule has 0 aromatic heterocycles. The van der Waals surface area contributed by atoms with Gasteiger partial charge in [-0.2, -0.15) is 0 Å². The van der Waals surface area contributed by atoms with Gasteiger partial charge in [-0.15, -0.1) is 0 Å². The molecule has 2 aromatic rings. The Labute approximate surface area is 179 Å². The molecule has 2 aromatic carbocycles. The third-order valence-electron chi connectivity index (χ3n) is 4.13. The summed E-state index contributed by atoms with van der Waals surface area (Å²) in [7, 11) is 0. The number of hydrogen-bond donors (Lipinski definition) is 0. The Morgan fingerprint density at radius 3 is 1.33 bits per heavy atom. The molecule has 0 bridgehead atoms. The molecular weight excluding hydrogens is 380 g/mol. The first kappa shape index (κ1) is 25.1. The minimum Gasteiger partial charge on any atom is -0.466 e. The lowest BCUT2D eigenvalue weighted by Gasteiger charge is -2.04. The van der Waals surface area contributed by atoms with E-state index in [-0.39, 0.29) is 30.6 Å². The Bertz CT molecular complexity index is 677. The second-order valence-electron chi connectivity index (χ2n) is 6.71. The van der Waals surface area contributed by atoms with Crippen molar-refractivity contribution in [3.05, 3.63) is 71.8 Å². The van der Waals surface area contributed by atoms with E-state index in [0.29, 0.717) is 13.2 Å². The number of ether oxygens (including phenoxy) is 2. The summed E-state index contributed by atoms with van der Waals surface area (Å²) in [6.07, 6.45) is 3.96. The summed E-state index contributed by atoms with van der Waals surface area (Å²) in [4.78, 5) is 34.1. The zero-order valence-electron chi connectivity index (χ0n) is 18.0. The van der Waals surface area contributed by atoms with Crippen molar-refractivity contribution in [1.82, 2.24) is 0 Å². The van der Waals surface area contributed by atoms with Gasteiger partial charge < -0.3 is 9.47 Å². The molecule has 0 N–H and O–H groups in total. The Morgan fingerprint density at radius 1 is 0.633 bits per heavy atom. The third kappa shape index (κ3) is 11.1. The number of carbonyl (C=O) groups is 3. The maximum atomic E-state index is 11.8. The van der Waals surface area contributed by atoms with E-state index in [1.807, 2.05) is 74.5 Å². The topological polar surface area (TPSA) is 69.7 Å². The molecule has 0 saturated heterocycles. The molecule has 0 atom stereocenters. The van der Waals surface area contributed by atoms with Crippen molar-refractivity contribution in [3.8, 4) is 0 Å². The highest BCUT2D eigenvalue weighted by atomic mass is 16.5. The van der Waals surface area contributed by atoms with Gasteiger partial charge in [0.1, 0.15) is 0 Å². The van der Waals surface area contributed by atoms with E-state index in [0.717, 1.165) is 36.8 Å². The fourth-order valence-electron chi connectivity index (χ4n) is 2.35. The highest BCUT2D eigenvalue weighted by Gasteiger charge is 2.08. The van der Waals surface area contributed by atoms with Gasteiger partial charge in [0.05, 0.1) is 26.1 Å². The monoisotopic (exact) mass is 412 g/mol. The van der Waals surface area contributed by atoms with Crippen molar-refractivity contribution in [2.24, 2.45) is 0 Å². The van der Waals surface area contributed by atoms with Crippen molar-refractivity contribution in [1.29, 1.82) is 0 Å². The first-order valence-corrected chi connectivity index (χ1v) is 10.5. The van der Waals surface area contributed by atoms with Gasteiger partial charge in [0, 0.05) is 11.1 Å². The van der Waals surface area contributed by atoms with Crippen molar-refractivity contribution < 1.29 is 23.9 Å². The van der Waals surface area contributed by atoms with E-state index in [4.69, 9.17) is 9.47 Å². The quantitative estimate of drug-likeness (QED) is 0.282. The van der Waals surface area contributed by atoms with Gasteiger partial charge in [0.25, 0.3) is 0 Å². The van der Waals surface area contributed by atoms with Crippen LogP contribution in [0.25, 0.3) is 0 Å². The second-order valence-corrected chi connectivity index (χ2v) is 6.71. The van der Waals surface area contributed by atoms with Gasteiger partial charge in [0.15, 0.2) is 5.78 Å². The van der Waals surface area contributed by atoms with Crippen molar-refractivity contribution in [2.75, 3.05) is 13.2 Å². The van der Waals surface area contributed by atoms with Crippen LogP contribution < -0.4 is 0 Å². The Kier molecular flexibility index (Phi) is 13.3. The number of esters is 2. The molecule has 0 heterocycles. The molecule has 0 spiro atoms. The van der Waals surface area contributed by atoms with Crippen LogP contribution in [-0.2, 0) is 19.1 Å². The SMILES string of the molecule is CCCCOC(=O)CCC(=O)OCCCC.O=C(c1ccccc1)c1ccccc1. The summed E-state index contributed by atoms with van der Waals surface area (Å²) in [5.41, 5.74) is 1.47. The predicted molar refractivity (Wildman–Crippen MR) is 117 cm³/mol. The van der Waals surface area contributed by atoms with Gasteiger partial charge in [-0.3, -0.25) is 14.4 Å². The maximum Gasteiger partial charge on any atom is 0.306 e. The van der Waals surface area contributed by atoms with Crippen LogP contribution in [0.15, 0.2) is 60.7 Å². The molecule has 0 saturated carbocycles. The summed E-state index contributed by atoms with van der Waals surface area (Å²) in [5.74, 6) is -0.562. The predicted octanol–water partition coefficient (Wildman–Crippen LogP) is 5.37. The Balaban J connectivity index is 0.000000301. The molecule has 2 rings (SSSR count). The van der Waals surface area contributed by atoms with Crippen LogP contribution in [0.5, 0.6) is 0 Å². The van der Waals surface area contributed by atoms with Crippen molar-refractivity contribution in [2.45, 2.75) is 52.4 Å². The normalized spacial score (nSPS) is 9.80. The van der Waals surface area contributed by atoms with Crippen molar-refractivity contribution >= 4 is 17.7 Å². The maximum absolute atomic E-state index is 11.8. The molecule has 5 nitrogen and oxygen atoms in total. The molecule has 0 aliphatic rings. The molecule has 30 heavy (non-hydrogen) atoms. The molecule has 0 unspecified atom stereocenters. The van der Waals surface area contributed by atoms with Crippen LogP contribution in [0, 0.1) is 0 Å². The number of ketones is 1. The summed E-state index contributed by atoms with van der Waals surface area (Å²) in [6.45, 7) is 4.94. The fraction of sp³-hybridized carbons (Fsp3) is 0.400. The molecule has 5 heteroatoms. The van der Waals surface area contributed by atoms with Crippen LogP contribution >= 0.6 is 0 Å². The van der Waals surface area contributed by atoms with E-state index in [1.165, 1.54) is 0 Å². The third-order valence-corrected chi connectivity index (χ3v) is 4.13. The zero-order chi connectivity index (χ0) is 22.0. The summed E-state index contributed by atoms with van der Waals surface area (Å²) in [6, 6.07) is 18.6. The molecular formula is C25H32O5. The van der Waals surface area contributed by atoms with E-state index in [9.17, 15) is 14.4 Å². The smallest absolute Gasteiger partial charge is 0.306 e. The standard InChI is InChI=1S/C13H10O.C12H22O4/c14-13(11-7-3-1-4-8-11)12-9-5-2-6-10-12;1-3-5-9-15-11(13)7-8-12(14)16-10-6-4-2/h1-10H;3-10H2,1-2H3. The second kappa shape index (κ2) is 15.9. The van der Waals surface area contributed by atoms with Gasteiger partial charge in [-0.1, -0.05) is 87.4 Å². The minimum atomic E-state index is -0.319. The van der Waals surface area contributed by atoms with Gasteiger partial charge in [-0.25, -0.2) is 0 Å². The average molecular weight is 413 g/mol.